The quantitative estimate of drug-likeness (QED) is 0.725. The van der Waals surface area contributed by atoms with Gasteiger partial charge < -0.3 is 4.98 Å². The van der Waals surface area contributed by atoms with Crippen molar-refractivity contribution in [3.8, 4) is 0 Å². The first-order valence-electron chi connectivity index (χ1n) is 5.91. The molecule has 1 N–H and O–H groups in total. The van der Waals surface area contributed by atoms with Crippen LogP contribution in [0, 0.1) is 6.92 Å². The van der Waals surface area contributed by atoms with Crippen molar-refractivity contribution in [3.05, 3.63) is 52.3 Å². The number of aromatic amines is 1. The molecular weight excluding hydrogens is 322 g/mol. The molecule has 0 aliphatic carbocycles. The number of rotatable bonds is 3. The van der Waals surface area contributed by atoms with Crippen LogP contribution in [0.25, 0.3) is 11.0 Å². The highest BCUT2D eigenvalue weighted by molar-refractivity contribution is 9.10. The first-order chi connectivity index (χ1) is 9.24. The van der Waals surface area contributed by atoms with Gasteiger partial charge in [0.2, 0.25) is 0 Å². The first-order valence-corrected chi connectivity index (χ1v) is 7.69. The fourth-order valence-electron chi connectivity index (χ4n) is 1.83. The van der Waals surface area contributed by atoms with Crippen molar-refractivity contribution in [1.29, 1.82) is 0 Å². The van der Waals surface area contributed by atoms with Crippen LogP contribution in [0.1, 0.15) is 11.3 Å². The van der Waals surface area contributed by atoms with E-state index in [0.717, 1.165) is 32.1 Å². The number of pyridine rings is 1. The average Bonchev–Trinajstić information content (AvgIpc) is 2.83. The second-order valence-corrected chi connectivity index (χ2v) is 6.03. The van der Waals surface area contributed by atoms with Gasteiger partial charge in [-0.2, -0.15) is 0 Å². The molecule has 3 aromatic rings. The van der Waals surface area contributed by atoms with E-state index < -0.39 is 0 Å². The highest BCUT2D eigenvalue weighted by Crippen LogP contribution is 2.25. The Balaban J connectivity index is 1.80. The van der Waals surface area contributed by atoms with Crippen LogP contribution in [0.2, 0.25) is 0 Å². The van der Waals surface area contributed by atoms with E-state index in [4.69, 9.17) is 0 Å². The van der Waals surface area contributed by atoms with E-state index in [1.54, 1.807) is 11.8 Å². The van der Waals surface area contributed by atoms with Crippen molar-refractivity contribution >= 4 is 38.7 Å². The van der Waals surface area contributed by atoms with Crippen LogP contribution in [-0.4, -0.2) is 15.0 Å². The smallest absolute Gasteiger partial charge is 0.166 e. The van der Waals surface area contributed by atoms with Crippen molar-refractivity contribution in [1.82, 2.24) is 15.0 Å². The molecule has 3 nitrogen and oxygen atoms in total. The van der Waals surface area contributed by atoms with Crippen molar-refractivity contribution in [3.63, 3.8) is 0 Å². The molecule has 0 saturated carbocycles. The number of hydrogen-bond acceptors (Lipinski definition) is 3. The van der Waals surface area contributed by atoms with Gasteiger partial charge in [-0.05, 0) is 30.7 Å². The fraction of sp³-hybridized carbons (Fsp3) is 0.143. The van der Waals surface area contributed by atoms with E-state index >= 15 is 0 Å². The number of hydrogen-bond donors (Lipinski definition) is 1. The van der Waals surface area contributed by atoms with Crippen molar-refractivity contribution in [2.24, 2.45) is 0 Å². The SMILES string of the molecule is Cc1c(Br)ccnc1CSc1nc2ccccc2[nH]1. The van der Waals surface area contributed by atoms with Gasteiger partial charge in [0.05, 0.1) is 16.7 Å². The monoisotopic (exact) mass is 333 g/mol. The molecule has 96 valence electrons. The Labute approximate surface area is 124 Å². The number of thioether (sulfide) groups is 1. The van der Waals surface area contributed by atoms with Crippen LogP contribution < -0.4 is 0 Å². The molecule has 1 aromatic carbocycles. The van der Waals surface area contributed by atoms with Crippen LogP contribution in [0.3, 0.4) is 0 Å². The minimum Gasteiger partial charge on any atom is -0.333 e. The second kappa shape index (κ2) is 5.35. The molecule has 0 spiro atoms. The molecule has 0 aliphatic heterocycles. The number of fused-ring (bicyclic) bond motifs is 1. The van der Waals surface area contributed by atoms with Gasteiger partial charge in [-0.15, -0.1) is 0 Å². The predicted molar refractivity (Wildman–Crippen MR) is 82.3 cm³/mol. The summed E-state index contributed by atoms with van der Waals surface area (Å²) in [5, 5.41) is 0.933. The van der Waals surface area contributed by atoms with E-state index in [9.17, 15) is 0 Å². The molecule has 0 atom stereocenters. The number of H-pyrrole nitrogens is 1. The molecule has 0 fully saturated rings. The van der Waals surface area contributed by atoms with Gasteiger partial charge in [0.15, 0.2) is 5.16 Å². The number of aromatic nitrogens is 3. The third kappa shape index (κ3) is 2.67. The van der Waals surface area contributed by atoms with Crippen LogP contribution in [-0.2, 0) is 5.75 Å². The summed E-state index contributed by atoms with van der Waals surface area (Å²) in [6.07, 6.45) is 1.83. The van der Waals surface area contributed by atoms with Crippen molar-refractivity contribution in [2.45, 2.75) is 17.8 Å². The Hall–Kier alpha value is -1.33. The van der Waals surface area contributed by atoms with E-state index in [2.05, 4.69) is 37.8 Å². The lowest BCUT2D eigenvalue weighted by atomic mass is 10.2. The molecule has 0 radical (unpaired) electrons. The summed E-state index contributed by atoms with van der Waals surface area (Å²) in [6, 6.07) is 10.0. The number of para-hydroxylation sites is 2. The lowest BCUT2D eigenvalue weighted by Crippen LogP contribution is -1.92. The van der Waals surface area contributed by atoms with Gasteiger partial charge in [-0.3, -0.25) is 4.98 Å². The normalized spacial score (nSPS) is 11.1. The largest absolute Gasteiger partial charge is 0.333 e. The van der Waals surface area contributed by atoms with Crippen LogP contribution >= 0.6 is 27.7 Å². The van der Waals surface area contributed by atoms with Crippen LogP contribution in [0.15, 0.2) is 46.2 Å². The van der Waals surface area contributed by atoms with Gasteiger partial charge >= 0.3 is 0 Å². The second-order valence-electron chi connectivity index (χ2n) is 4.21. The molecule has 0 aliphatic rings. The van der Waals surface area contributed by atoms with Crippen LogP contribution in [0.5, 0.6) is 0 Å². The van der Waals surface area contributed by atoms with E-state index in [1.807, 2.05) is 36.5 Å². The van der Waals surface area contributed by atoms with E-state index in [1.165, 1.54) is 5.56 Å². The molecule has 2 heterocycles. The van der Waals surface area contributed by atoms with Crippen molar-refractivity contribution < 1.29 is 0 Å². The zero-order chi connectivity index (χ0) is 13.2. The van der Waals surface area contributed by atoms with Crippen LogP contribution in [0.4, 0.5) is 0 Å². The summed E-state index contributed by atoms with van der Waals surface area (Å²) >= 11 is 5.20. The average molecular weight is 334 g/mol. The third-order valence-corrected chi connectivity index (χ3v) is 4.70. The predicted octanol–water partition coefficient (Wildman–Crippen LogP) is 4.32. The summed E-state index contributed by atoms with van der Waals surface area (Å²) in [6.45, 7) is 2.08. The topological polar surface area (TPSA) is 41.6 Å². The lowest BCUT2D eigenvalue weighted by molar-refractivity contribution is 1.06. The summed E-state index contributed by atoms with van der Waals surface area (Å²) in [4.78, 5) is 12.3. The number of nitrogens with zero attached hydrogens (tertiary/aromatic N) is 2. The first kappa shape index (κ1) is 12.7. The van der Waals surface area contributed by atoms with Gasteiger partial charge in [0, 0.05) is 16.4 Å². The molecule has 2 aromatic heterocycles. The van der Waals surface area contributed by atoms with Crippen molar-refractivity contribution in [2.75, 3.05) is 0 Å². The summed E-state index contributed by atoms with van der Waals surface area (Å²) in [5.41, 5.74) is 4.35. The Bertz CT molecular complexity index is 691. The number of nitrogens with one attached hydrogen (secondary N) is 1. The Kier molecular flexibility index (Phi) is 3.57. The number of imidazole rings is 1. The molecular formula is C14H12BrN3S. The summed E-state index contributed by atoms with van der Waals surface area (Å²) in [7, 11) is 0. The fourth-order valence-corrected chi connectivity index (χ4v) is 3.09. The Morgan fingerprint density at radius 1 is 1.26 bits per heavy atom. The molecule has 0 bridgehead atoms. The van der Waals surface area contributed by atoms with E-state index in [0.29, 0.717) is 0 Å². The number of benzene rings is 1. The van der Waals surface area contributed by atoms with Gasteiger partial charge in [0.1, 0.15) is 0 Å². The maximum absolute atomic E-state index is 4.55. The minimum atomic E-state index is 0.811. The Morgan fingerprint density at radius 3 is 2.95 bits per heavy atom. The van der Waals surface area contributed by atoms with Gasteiger partial charge in [-0.25, -0.2) is 4.98 Å². The standard InChI is InChI=1S/C14H12BrN3S/c1-9-10(15)6-7-16-13(9)8-19-14-17-11-4-2-3-5-12(11)18-14/h2-7H,8H2,1H3,(H,17,18). The highest BCUT2D eigenvalue weighted by Gasteiger charge is 2.07. The maximum Gasteiger partial charge on any atom is 0.166 e. The molecule has 19 heavy (non-hydrogen) atoms. The highest BCUT2D eigenvalue weighted by atomic mass is 79.9. The maximum atomic E-state index is 4.55. The van der Waals surface area contributed by atoms with Gasteiger partial charge in [-0.1, -0.05) is 39.8 Å². The molecule has 0 amide bonds. The molecule has 3 rings (SSSR count). The molecule has 0 saturated heterocycles. The zero-order valence-electron chi connectivity index (χ0n) is 10.4. The summed E-state index contributed by atoms with van der Waals surface area (Å²) in [5.74, 6) is 0.811. The van der Waals surface area contributed by atoms with Gasteiger partial charge in [0.25, 0.3) is 0 Å². The minimum absolute atomic E-state index is 0.811. The van der Waals surface area contributed by atoms with E-state index in [-0.39, 0.29) is 0 Å². The molecule has 5 heteroatoms. The number of halogens is 1. The summed E-state index contributed by atoms with van der Waals surface area (Å²) < 4.78 is 1.10. The zero-order valence-corrected chi connectivity index (χ0v) is 12.8. The molecule has 0 unspecified atom stereocenters. The lowest BCUT2D eigenvalue weighted by Gasteiger charge is -2.04. The third-order valence-electron chi connectivity index (χ3n) is 2.96. The Morgan fingerprint density at radius 2 is 2.11 bits per heavy atom.